The fourth-order valence-electron chi connectivity index (χ4n) is 1.82. The van der Waals surface area contributed by atoms with Gasteiger partial charge in [0.1, 0.15) is 10.8 Å². The number of nitrogens with zero attached hydrogens (tertiary/aromatic N) is 3. The fourth-order valence-corrected chi connectivity index (χ4v) is 2.75. The molecular weight excluding hydrogens is 248 g/mol. The van der Waals surface area contributed by atoms with Crippen molar-refractivity contribution < 1.29 is 5.11 Å². The summed E-state index contributed by atoms with van der Waals surface area (Å²) in [4.78, 5) is 6.08. The molecule has 2 aromatic rings. The van der Waals surface area contributed by atoms with E-state index in [-0.39, 0.29) is 6.61 Å². The molecule has 0 radical (unpaired) electrons. The number of rotatable bonds is 5. The highest BCUT2D eigenvalue weighted by molar-refractivity contribution is 7.11. The van der Waals surface area contributed by atoms with E-state index in [2.05, 4.69) is 14.3 Å². The van der Waals surface area contributed by atoms with Crippen molar-refractivity contribution in [1.29, 1.82) is 0 Å². The zero-order valence-electron chi connectivity index (χ0n) is 10.2. The van der Waals surface area contributed by atoms with Crippen molar-refractivity contribution in [3.8, 4) is 11.1 Å². The molecule has 3 N–H and O–H groups in total. The number of nitrogens with two attached hydrogens (primary N) is 1. The molecule has 96 valence electrons. The fraction of sp³-hybridized carbons (Fsp3) is 0.333. The van der Waals surface area contributed by atoms with Crippen molar-refractivity contribution in [1.82, 2.24) is 9.36 Å². The van der Waals surface area contributed by atoms with Crippen molar-refractivity contribution in [2.75, 3.05) is 30.3 Å². The Kier molecular flexibility index (Phi) is 4.11. The lowest BCUT2D eigenvalue weighted by atomic mass is 10.1. The van der Waals surface area contributed by atoms with Crippen molar-refractivity contribution in [2.45, 2.75) is 6.92 Å². The van der Waals surface area contributed by atoms with E-state index in [1.807, 2.05) is 19.1 Å². The molecule has 0 unspecified atom stereocenters. The summed E-state index contributed by atoms with van der Waals surface area (Å²) in [6.45, 7) is 3.54. The summed E-state index contributed by atoms with van der Waals surface area (Å²) in [6.07, 6.45) is 3.47. The standard InChI is InChI=1S/C12H16N4OS/c1-2-16(7-8-17)12-10(11(13)15-18-12)9-3-5-14-6-4-9/h3-6,17H,2,7-8H2,1H3,(H2,13,15). The van der Waals surface area contributed by atoms with E-state index < -0.39 is 0 Å². The normalized spacial score (nSPS) is 10.6. The molecule has 6 heteroatoms. The van der Waals surface area contributed by atoms with Crippen molar-refractivity contribution in [2.24, 2.45) is 0 Å². The average molecular weight is 264 g/mol. The zero-order valence-corrected chi connectivity index (χ0v) is 11.0. The quantitative estimate of drug-likeness (QED) is 0.858. The zero-order chi connectivity index (χ0) is 13.0. The second-order valence-corrected chi connectivity index (χ2v) is 4.54. The molecule has 0 fully saturated rings. The van der Waals surface area contributed by atoms with E-state index in [9.17, 15) is 0 Å². The summed E-state index contributed by atoms with van der Waals surface area (Å²) in [6, 6.07) is 3.83. The molecule has 5 nitrogen and oxygen atoms in total. The van der Waals surface area contributed by atoms with Gasteiger partial charge in [-0.1, -0.05) is 0 Å². The lowest BCUT2D eigenvalue weighted by Crippen LogP contribution is -2.25. The number of likely N-dealkylation sites (N-methyl/N-ethyl adjacent to an activating group) is 1. The van der Waals surface area contributed by atoms with Gasteiger partial charge in [-0.15, -0.1) is 0 Å². The van der Waals surface area contributed by atoms with Crippen LogP contribution in [0.1, 0.15) is 6.92 Å². The highest BCUT2D eigenvalue weighted by atomic mass is 32.1. The summed E-state index contributed by atoms with van der Waals surface area (Å²) in [5.74, 6) is 0.526. The highest BCUT2D eigenvalue weighted by Crippen LogP contribution is 2.38. The van der Waals surface area contributed by atoms with E-state index in [0.29, 0.717) is 12.4 Å². The largest absolute Gasteiger partial charge is 0.395 e. The summed E-state index contributed by atoms with van der Waals surface area (Å²) < 4.78 is 4.22. The van der Waals surface area contributed by atoms with Crippen LogP contribution in [0, 0.1) is 0 Å². The minimum Gasteiger partial charge on any atom is -0.395 e. The first-order valence-electron chi connectivity index (χ1n) is 5.79. The Morgan fingerprint density at radius 3 is 2.72 bits per heavy atom. The summed E-state index contributed by atoms with van der Waals surface area (Å²) >= 11 is 1.36. The number of aliphatic hydroxyl groups excluding tert-OH is 1. The second-order valence-electron chi connectivity index (χ2n) is 3.79. The maximum Gasteiger partial charge on any atom is 0.147 e. The average Bonchev–Trinajstić information content (AvgIpc) is 2.79. The summed E-state index contributed by atoms with van der Waals surface area (Å²) in [5.41, 5.74) is 7.88. The number of pyridine rings is 1. The van der Waals surface area contributed by atoms with Crippen LogP contribution in [0.4, 0.5) is 10.8 Å². The van der Waals surface area contributed by atoms with Crippen LogP contribution in [0.15, 0.2) is 24.5 Å². The van der Waals surface area contributed by atoms with Gasteiger partial charge in [0.25, 0.3) is 0 Å². The number of hydrogen-bond donors (Lipinski definition) is 2. The monoisotopic (exact) mass is 264 g/mol. The molecule has 2 aromatic heterocycles. The number of anilines is 2. The predicted octanol–water partition coefficient (Wildman–Crippen LogP) is 1.61. The first-order chi connectivity index (χ1) is 8.77. The number of nitrogen functional groups attached to an aromatic ring is 1. The first kappa shape index (κ1) is 12.8. The topological polar surface area (TPSA) is 75.3 Å². The van der Waals surface area contributed by atoms with Crippen molar-refractivity contribution in [3.05, 3.63) is 24.5 Å². The second kappa shape index (κ2) is 5.79. The van der Waals surface area contributed by atoms with E-state index in [1.54, 1.807) is 12.4 Å². The minimum absolute atomic E-state index is 0.113. The Balaban J connectivity index is 2.44. The number of hydrogen-bond acceptors (Lipinski definition) is 6. The lowest BCUT2D eigenvalue weighted by Gasteiger charge is -2.21. The SMILES string of the molecule is CCN(CCO)c1snc(N)c1-c1ccncc1. The van der Waals surface area contributed by atoms with Crippen LogP contribution in [0.25, 0.3) is 11.1 Å². The van der Waals surface area contributed by atoms with Crippen molar-refractivity contribution >= 4 is 22.4 Å². The number of aliphatic hydroxyl groups is 1. The van der Waals surface area contributed by atoms with Crippen LogP contribution in [0.2, 0.25) is 0 Å². The van der Waals surface area contributed by atoms with E-state index in [4.69, 9.17) is 10.8 Å². The van der Waals surface area contributed by atoms with E-state index >= 15 is 0 Å². The van der Waals surface area contributed by atoms with Gasteiger partial charge in [-0.3, -0.25) is 4.98 Å². The maximum atomic E-state index is 9.10. The molecule has 0 aliphatic heterocycles. The number of aromatic nitrogens is 2. The van der Waals surface area contributed by atoms with Crippen molar-refractivity contribution in [3.63, 3.8) is 0 Å². The molecule has 0 spiro atoms. The minimum atomic E-state index is 0.113. The van der Waals surface area contributed by atoms with Gasteiger partial charge in [0.15, 0.2) is 0 Å². The molecule has 2 heterocycles. The summed E-state index contributed by atoms with van der Waals surface area (Å²) in [5, 5.41) is 10.1. The Morgan fingerprint density at radius 2 is 2.11 bits per heavy atom. The third kappa shape index (κ3) is 2.44. The predicted molar refractivity (Wildman–Crippen MR) is 74.7 cm³/mol. The van der Waals surface area contributed by atoms with Gasteiger partial charge in [0.2, 0.25) is 0 Å². The van der Waals surface area contributed by atoms with Gasteiger partial charge in [-0.2, -0.15) is 4.37 Å². The van der Waals surface area contributed by atoms with Crippen LogP contribution in [-0.2, 0) is 0 Å². The molecule has 0 amide bonds. The Morgan fingerprint density at radius 1 is 1.39 bits per heavy atom. The van der Waals surface area contributed by atoms with Gasteiger partial charge in [-0.25, -0.2) is 0 Å². The molecule has 0 aliphatic rings. The Labute approximate surface area is 110 Å². The van der Waals surface area contributed by atoms with Crippen LogP contribution in [0.5, 0.6) is 0 Å². The Hall–Kier alpha value is -1.66. The van der Waals surface area contributed by atoms with Crippen LogP contribution in [0.3, 0.4) is 0 Å². The molecule has 0 saturated carbocycles. The smallest absolute Gasteiger partial charge is 0.147 e. The molecule has 0 saturated heterocycles. The molecule has 0 bridgehead atoms. The summed E-state index contributed by atoms with van der Waals surface area (Å²) in [7, 11) is 0. The van der Waals surface area contributed by atoms with Crippen LogP contribution >= 0.6 is 11.5 Å². The first-order valence-corrected chi connectivity index (χ1v) is 6.56. The van der Waals surface area contributed by atoms with Gasteiger partial charge < -0.3 is 15.7 Å². The maximum absolute atomic E-state index is 9.10. The third-order valence-electron chi connectivity index (χ3n) is 2.71. The third-order valence-corrected chi connectivity index (χ3v) is 3.63. The molecular formula is C12H16N4OS. The molecule has 0 atom stereocenters. The van der Waals surface area contributed by atoms with Gasteiger partial charge in [0, 0.05) is 25.5 Å². The molecule has 2 rings (SSSR count). The van der Waals surface area contributed by atoms with Crippen LogP contribution in [-0.4, -0.2) is 34.2 Å². The van der Waals surface area contributed by atoms with Crippen LogP contribution < -0.4 is 10.6 Å². The molecule has 18 heavy (non-hydrogen) atoms. The van der Waals surface area contributed by atoms with Gasteiger partial charge >= 0.3 is 0 Å². The van der Waals surface area contributed by atoms with Gasteiger partial charge in [0.05, 0.1) is 12.2 Å². The van der Waals surface area contributed by atoms with E-state index in [0.717, 1.165) is 22.7 Å². The molecule has 0 aliphatic carbocycles. The van der Waals surface area contributed by atoms with E-state index in [1.165, 1.54) is 11.5 Å². The lowest BCUT2D eigenvalue weighted by molar-refractivity contribution is 0.302. The van der Waals surface area contributed by atoms with Gasteiger partial charge in [-0.05, 0) is 36.2 Å². The Bertz CT molecular complexity index is 500. The molecule has 0 aromatic carbocycles. The highest BCUT2D eigenvalue weighted by Gasteiger charge is 2.17.